The van der Waals surface area contributed by atoms with Crippen molar-refractivity contribution in [2.24, 2.45) is 5.16 Å². The molecule has 1 aromatic heterocycles. The summed E-state index contributed by atoms with van der Waals surface area (Å²) < 4.78 is 0. The van der Waals surface area contributed by atoms with Crippen LogP contribution in [0.4, 0.5) is 10.5 Å². The van der Waals surface area contributed by atoms with E-state index in [2.05, 4.69) is 41.4 Å². The number of hydrogen-bond donors (Lipinski definition) is 1. The van der Waals surface area contributed by atoms with Crippen LogP contribution in [0, 0.1) is 0 Å². The Labute approximate surface area is 163 Å². The Morgan fingerprint density at radius 2 is 2.00 bits per heavy atom. The van der Waals surface area contributed by atoms with Gasteiger partial charge in [0.05, 0.1) is 0 Å². The van der Waals surface area contributed by atoms with Gasteiger partial charge >= 0.3 is 6.03 Å². The highest BCUT2D eigenvalue weighted by Crippen LogP contribution is 2.36. The lowest BCUT2D eigenvalue weighted by Crippen LogP contribution is -2.48. The Morgan fingerprint density at radius 1 is 1.26 bits per heavy atom. The molecule has 1 N–H and O–H groups in total. The molecule has 0 bridgehead atoms. The highest BCUT2D eigenvalue weighted by molar-refractivity contribution is 7.11. The lowest BCUT2D eigenvalue weighted by molar-refractivity contribution is -0.0544. The average molecular weight is 385 g/mol. The van der Waals surface area contributed by atoms with Gasteiger partial charge in [-0.3, -0.25) is 0 Å². The number of benzene rings is 1. The summed E-state index contributed by atoms with van der Waals surface area (Å²) in [6, 6.07) is 8.01. The molecule has 3 heterocycles. The van der Waals surface area contributed by atoms with Crippen LogP contribution in [-0.4, -0.2) is 40.3 Å². The quantitative estimate of drug-likeness (QED) is 0.850. The Hall–Kier alpha value is -2.41. The van der Waals surface area contributed by atoms with Crippen LogP contribution in [-0.2, 0) is 4.84 Å². The molecule has 1 aromatic carbocycles. The van der Waals surface area contributed by atoms with Crippen LogP contribution < -0.4 is 5.32 Å². The van der Waals surface area contributed by atoms with Crippen molar-refractivity contribution >= 4 is 28.8 Å². The lowest BCUT2D eigenvalue weighted by atomic mass is 9.87. The summed E-state index contributed by atoms with van der Waals surface area (Å²) in [5.74, 6) is 0.482. The zero-order valence-corrected chi connectivity index (χ0v) is 16.5. The Balaban J connectivity index is 1.31. The highest BCUT2D eigenvalue weighted by Gasteiger charge is 2.43. The number of likely N-dealkylation sites (tertiary alicyclic amines) is 1. The number of urea groups is 1. The van der Waals surface area contributed by atoms with Crippen molar-refractivity contribution in [3.05, 3.63) is 46.4 Å². The fourth-order valence-corrected chi connectivity index (χ4v) is 4.16. The van der Waals surface area contributed by atoms with E-state index in [4.69, 9.17) is 4.84 Å². The molecular weight excluding hydrogens is 360 g/mol. The second-order valence-corrected chi connectivity index (χ2v) is 8.41. The SMILES string of the molecule is CC(C)c1ccc(NC(=O)N2CCC3(CC2)CC(c2nccs2)=NO3)cc1. The van der Waals surface area contributed by atoms with Crippen LogP contribution in [0.3, 0.4) is 0 Å². The van der Waals surface area contributed by atoms with E-state index in [1.54, 1.807) is 17.5 Å². The number of piperidine rings is 1. The molecule has 0 atom stereocenters. The number of carbonyl (C=O) groups is 1. The first-order chi connectivity index (χ1) is 13.0. The normalized spacial score (nSPS) is 18.5. The summed E-state index contributed by atoms with van der Waals surface area (Å²) in [5.41, 5.74) is 2.74. The number of hydrogen-bond acceptors (Lipinski definition) is 5. The number of amides is 2. The molecule has 4 rings (SSSR count). The molecule has 2 amide bonds. The van der Waals surface area contributed by atoms with Gasteiger partial charge < -0.3 is 15.1 Å². The van der Waals surface area contributed by atoms with Crippen molar-refractivity contribution in [3.63, 3.8) is 0 Å². The zero-order chi connectivity index (χ0) is 18.9. The summed E-state index contributed by atoms with van der Waals surface area (Å²) in [6.45, 7) is 5.64. The number of carbonyl (C=O) groups excluding carboxylic acids is 1. The number of rotatable bonds is 3. The van der Waals surface area contributed by atoms with Crippen molar-refractivity contribution in [1.82, 2.24) is 9.88 Å². The number of thiazole rings is 1. The zero-order valence-electron chi connectivity index (χ0n) is 15.6. The number of anilines is 1. The van der Waals surface area contributed by atoms with Gasteiger partial charge in [0.1, 0.15) is 16.3 Å². The second-order valence-electron chi connectivity index (χ2n) is 7.52. The lowest BCUT2D eigenvalue weighted by Gasteiger charge is -2.37. The minimum atomic E-state index is -0.281. The molecule has 27 heavy (non-hydrogen) atoms. The number of nitrogens with one attached hydrogen (secondary N) is 1. The van der Waals surface area contributed by atoms with Crippen LogP contribution in [0.15, 0.2) is 41.0 Å². The molecule has 0 aliphatic carbocycles. The van der Waals surface area contributed by atoms with Crippen LogP contribution in [0.2, 0.25) is 0 Å². The summed E-state index contributed by atoms with van der Waals surface area (Å²) in [5, 5.41) is 10.1. The first-order valence-electron chi connectivity index (χ1n) is 9.35. The summed E-state index contributed by atoms with van der Waals surface area (Å²) >= 11 is 1.58. The molecule has 2 aromatic rings. The summed E-state index contributed by atoms with van der Waals surface area (Å²) in [7, 11) is 0. The third kappa shape index (κ3) is 3.83. The standard InChI is InChI=1S/C20H24N4O2S/c1-14(2)15-3-5-16(6-4-15)22-19(25)24-10-7-20(8-11-24)13-17(23-26-20)18-21-9-12-27-18/h3-6,9,12,14H,7-8,10-11,13H2,1-2H3,(H,22,25). The third-order valence-electron chi connectivity index (χ3n) is 5.31. The fraction of sp³-hybridized carbons (Fsp3) is 0.450. The molecule has 7 heteroatoms. The predicted molar refractivity (Wildman–Crippen MR) is 107 cm³/mol. The van der Waals surface area contributed by atoms with Gasteiger partial charge in [0.2, 0.25) is 0 Å². The smallest absolute Gasteiger partial charge is 0.321 e. The summed E-state index contributed by atoms with van der Waals surface area (Å²) in [6.07, 6.45) is 4.12. The van der Waals surface area contributed by atoms with Gasteiger partial charge in [-0.15, -0.1) is 11.3 Å². The molecule has 1 spiro atoms. The van der Waals surface area contributed by atoms with E-state index in [9.17, 15) is 4.79 Å². The minimum Gasteiger partial charge on any atom is -0.388 e. The first kappa shape index (κ1) is 18.0. The van der Waals surface area contributed by atoms with Crippen molar-refractivity contribution in [1.29, 1.82) is 0 Å². The van der Waals surface area contributed by atoms with Gasteiger partial charge in [0.15, 0.2) is 0 Å². The number of aromatic nitrogens is 1. The highest BCUT2D eigenvalue weighted by atomic mass is 32.1. The molecular formula is C20H24N4O2S. The molecule has 1 saturated heterocycles. The van der Waals surface area contributed by atoms with E-state index < -0.39 is 0 Å². The second kappa shape index (κ2) is 7.31. The molecule has 0 radical (unpaired) electrons. The van der Waals surface area contributed by atoms with Gasteiger partial charge in [0, 0.05) is 49.6 Å². The Morgan fingerprint density at radius 3 is 2.63 bits per heavy atom. The van der Waals surface area contributed by atoms with Crippen molar-refractivity contribution in [3.8, 4) is 0 Å². The van der Waals surface area contributed by atoms with Crippen molar-refractivity contribution in [2.45, 2.75) is 44.6 Å². The van der Waals surface area contributed by atoms with Gasteiger partial charge in [-0.05, 0) is 23.6 Å². The monoisotopic (exact) mass is 384 g/mol. The van der Waals surface area contributed by atoms with Gasteiger partial charge in [0.25, 0.3) is 0 Å². The molecule has 6 nitrogen and oxygen atoms in total. The first-order valence-corrected chi connectivity index (χ1v) is 10.2. The molecule has 0 saturated carbocycles. The topological polar surface area (TPSA) is 66.8 Å². The maximum absolute atomic E-state index is 12.6. The number of oxime groups is 1. The Bertz CT molecular complexity index is 822. The van der Waals surface area contributed by atoms with Crippen LogP contribution >= 0.6 is 11.3 Å². The molecule has 2 aliphatic rings. The predicted octanol–water partition coefficient (Wildman–Crippen LogP) is 4.46. The number of nitrogens with zero attached hydrogens (tertiary/aromatic N) is 3. The van der Waals surface area contributed by atoms with Crippen molar-refractivity contribution in [2.75, 3.05) is 18.4 Å². The molecule has 1 fully saturated rings. The van der Waals surface area contributed by atoms with E-state index in [0.717, 1.165) is 35.7 Å². The molecule has 2 aliphatic heterocycles. The fourth-order valence-electron chi connectivity index (χ4n) is 3.54. The minimum absolute atomic E-state index is 0.0544. The van der Waals surface area contributed by atoms with E-state index in [-0.39, 0.29) is 11.6 Å². The van der Waals surface area contributed by atoms with Gasteiger partial charge in [-0.2, -0.15) is 0 Å². The Kier molecular flexibility index (Phi) is 4.86. The maximum Gasteiger partial charge on any atom is 0.321 e. The van der Waals surface area contributed by atoms with Crippen LogP contribution in [0.25, 0.3) is 0 Å². The molecule has 0 unspecified atom stereocenters. The summed E-state index contributed by atoms with van der Waals surface area (Å²) in [4.78, 5) is 24.5. The largest absolute Gasteiger partial charge is 0.388 e. The average Bonchev–Trinajstić information content (AvgIpc) is 3.33. The maximum atomic E-state index is 12.6. The van der Waals surface area contributed by atoms with Gasteiger partial charge in [-0.1, -0.05) is 31.1 Å². The third-order valence-corrected chi connectivity index (χ3v) is 6.13. The van der Waals surface area contributed by atoms with E-state index >= 15 is 0 Å². The van der Waals surface area contributed by atoms with Crippen LogP contribution in [0.1, 0.15) is 49.6 Å². The van der Waals surface area contributed by atoms with E-state index in [0.29, 0.717) is 19.0 Å². The van der Waals surface area contributed by atoms with E-state index in [1.807, 2.05) is 22.4 Å². The van der Waals surface area contributed by atoms with E-state index in [1.165, 1.54) is 5.56 Å². The van der Waals surface area contributed by atoms with Gasteiger partial charge in [-0.25, -0.2) is 9.78 Å². The van der Waals surface area contributed by atoms with Crippen molar-refractivity contribution < 1.29 is 9.63 Å². The van der Waals surface area contributed by atoms with Crippen LogP contribution in [0.5, 0.6) is 0 Å². The molecule has 142 valence electrons.